The summed E-state index contributed by atoms with van der Waals surface area (Å²) in [6, 6.07) is 8.44. The van der Waals surface area contributed by atoms with Crippen LogP contribution in [0.1, 0.15) is 15.9 Å². The summed E-state index contributed by atoms with van der Waals surface area (Å²) in [6.07, 6.45) is 0. The fourth-order valence-electron chi connectivity index (χ4n) is 2.29. The number of benzene rings is 2. The van der Waals surface area contributed by atoms with E-state index in [0.717, 1.165) is 4.47 Å². The summed E-state index contributed by atoms with van der Waals surface area (Å²) >= 11 is 3.39. The van der Waals surface area contributed by atoms with Gasteiger partial charge in [-0.25, -0.2) is 4.79 Å². The Morgan fingerprint density at radius 1 is 1.08 bits per heavy atom. The molecule has 0 aliphatic carbocycles. The van der Waals surface area contributed by atoms with E-state index in [1.165, 1.54) is 0 Å². The van der Waals surface area contributed by atoms with E-state index in [4.69, 9.17) is 23.7 Å². The Morgan fingerprint density at radius 3 is 2.58 bits per heavy atom. The number of fused-ring (bicyclic) bond motifs is 1. The van der Waals surface area contributed by atoms with E-state index in [-0.39, 0.29) is 13.4 Å². The van der Waals surface area contributed by atoms with Crippen LogP contribution < -0.4 is 18.9 Å². The summed E-state index contributed by atoms with van der Waals surface area (Å²) in [5, 5.41) is 0. The zero-order valence-corrected chi connectivity index (χ0v) is 14.7. The molecule has 24 heavy (non-hydrogen) atoms. The first kappa shape index (κ1) is 16.4. The summed E-state index contributed by atoms with van der Waals surface area (Å²) in [5.74, 6) is 1.92. The lowest BCUT2D eigenvalue weighted by molar-refractivity contribution is 0.0469. The molecule has 0 saturated carbocycles. The lowest BCUT2D eigenvalue weighted by Gasteiger charge is -2.12. The molecular formula is C17H15BrO6. The van der Waals surface area contributed by atoms with Gasteiger partial charge in [-0.15, -0.1) is 0 Å². The van der Waals surface area contributed by atoms with E-state index in [1.807, 2.05) is 0 Å². The topological polar surface area (TPSA) is 63.2 Å². The summed E-state index contributed by atoms with van der Waals surface area (Å²) in [4.78, 5) is 12.2. The lowest BCUT2D eigenvalue weighted by Crippen LogP contribution is -2.06. The largest absolute Gasteiger partial charge is 0.496 e. The van der Waals surface area contributed by atoms with Crippen molar-refractivity contribution in [1.29, 1.82) is 0 Å². The van der Waals surface area contributed by atoms with E-state index in [2.05, 4.69) is 15.9 Å². The zero-order valence-electron chi connectivity index (χ0n) is 13.1. The summed E-state index contributed by atoms with van der Waals surface area (Å²) < 4.78 is 27.2. The number of halogens is 1. The van der Waals surface area contributed by atoms with Crippen molar-refractivity contribution >= 4 is 21.9 Å². The molecule has 0 radical (unpaired) electrons. The van der Waals surface area contributed by atoms with Crippen LogP contribution in [-0.4, -0.2) is 27.0 Å². The van der Waals surface area contributed by atoms with E-state index in [1.54, 1.807) is 44.6 Å². The highest BCUT2D eigenvalue weighted by Gasteiger charge is 2.18. The van der Waals surface area contributed by atoms with E-state index >= 15 is 0 Å². The van der Waals surface area contributed by atoms with Crippen LogP contribution in [0.25, 0.3) is 0 Å². The van der Waals surface area contributed by atoms with Gasteiger partial charge in [0.2, 0.25) is 6.79 Å². The molecule has 0 fully saturated rings. The number of methoxy groups -OCH3 is 2. The molecule has 0 unspecified atom stereocenters. The Labute approximate surface area is 147 Å². The highest BCUT2D eigenvalue weighted by molar-refractivity contribution is 9.10. The predicted octanol–water partition coefficient (Wildman–Crippen LogP) is 3.55. The molecule has 6 nitrogen and oxygen atoms in total. The van der Waals surface area contributed by atoms with Crippen molar-refractivity contribution < 1.29 is 28.5 Å². The van der Waals surface area contributed by atoms with Crippen LogP contribution in [0.2, 0.25) is 0 Å². The van der Waals surface area contributed by atoms with Gasteiger partial charge in [0.1, 0.15) is 18.1 Å². The number of carbonyl (C=O) groups excluding carboxylic acids is 1. The number of rotatable bonds is 5. The minimum atomic E-state index is -0.461. The van der Waals surface area contributed by atoms with Crippen LogP contribution in [0, 0.1) is 0 Å². The fraction of sp³-hybridized carbons (Fsp3) is 0.235. The standard InChI is InChI=1S/C17H15BrO6/c1-20-14-7-12(18)15(21-2)6-11(14)8-22-17(19)10-3-4-13-16(5-10)24-9-23-13/h3-7H,8-9H2,1-2H3. The Morgan fingerprint density at radius 2 is 1.83 bits per heavy atom. The van der Waals surface area contributed by atoms with Crippen molar-refractivity contribution in [1.82, 2.24) is 0 Å². The molecule has 0 aromatic heterocycles. The third kappa shape index (κ3) is 3.26. The van der Waals surface area contributed by atoms with Gasteiger partial charge in [0.15, 0.2) is 11.5 Å². The van der Waals surface area contributed by atoms with Gasteiger partial charge in [0.25, 0.3) is 0 Å². The highest BCUT2D eigenvalue weighted by Crippen LogP contribution is 2.34. The van der Waals surface area contributed by atoms with Gasteiger partial charge < -0.3 is 23.7 Å². The van der Waals surface area contributed by atoms with Gasteiger partial charge >= 0.3 is 5.97 Å². The molecule has 0 atom stereocenters. The van der Waals surface area contributed by atoms with Gasteiger partial charge in [-0.1, -0.05) is 0 Å². The van der Waals surface area contributed by atoms with Crippen molar-refractivity contribution in [2.45, 2.75) is 6.61 Å². The second-order valence-corrected chi connectivity index (χ2v) is 5.80. The van der Waals surface area contributed by atoms with Crippen LogP contribution >= 0.6 is 15.9 Å². The summed E-state index contributed by atoms with van der Waals surface area (Å²) in [5.41, 5.74) is 1.09. The van der Waals surface area contributed by atoms with Crippen LogP contribution in [-0.2, 0) is 11.3 Å². The van der Waals surface area contributed by atoms with Gasteiger partial charge in [-0.05, 0) is 46.3 Å². The highest BCUT2D eigenvalue weighted by atomic mass is 79.9. The van der Waals surface area contributed by atoms with Crippen molar-refractivity contribution in [3.8, 4) is 23.0 Å². The third-order valence-electron chi connectivity index (χ3n) is 3.52. The molecule has 2 aromatic rings. The van der Waals surface area contributed by atoms with E-state index in [0.29, 0.717) is 34.1 Å². The average molecular weight is 395 g/mol. The molecule has 1 aliphatic rings. The molecule has 7 heteroatoms. The summed E-state index contributed by atoms with van der Waals surface area (Å²) in [7, 11) is 3.12. The Kier molecular flexibility index (Phi) is 4.80. The van der Waals surface area contributed by atoms with Crippen LogP contribution in [0.5, 0.6) is 23.0 Å². The number of ether oxygens (including phenoxy) is 5. The maximum atomic E-state index is 12.2. The van der Waals surface area contributed by atoms with Crippen LogP contribution in [0.4, 0.5) is 0 Å². The second kappa shape index (κ2) is 7.00. The fourth-order valence-corrected chi connectivity index (χ4v) is 2.77. The molecular weight excluding hydrogens is 380 g/mol. The Bertz CT molecular complexity index is 774. The first-order valence-corrected chi connectivity index (χ1v) is 7.89. The minimum Gasteiger partial charge on any atom is -0.496 e. The van der Waals surface area contributed by atoms with Crippen LogP contribution in [0.15, 0.2) is 34.8 Å². The molecule has 2 aromatic carbocycles. The van der Waals surface area contributed by atoms with Crippen molar-refractivity contribution in [3.63, 3.8) is 0 Å². The first-order chi connectivity index (χ1) is 11.6. The van der Waals surface area contributed by atoms with Gasteiger partial charge in [-0.3, -0.25) is 0 Å². The van der Waals surface area contributed by atoms with Gasteiger partial charge in [0.05, 0.1) is 24.3 Å². The Hall–Kier alpha value is -2.41. The molecule has 1 heterocycles. The molecule has 3 rings (SSSR count). The quantitative estimate of drug-likeness (QED) is 0.722. The lowest BCUT2D eigenvalue weighted by atomic mass is 10.2. The molecule has 126 valence electrons. The molecule has 0 amide bonds. The van der Waals surface area contributed by atoms with Crippen molar-refractivity contribution in [2.75, 3.05) is 21.0 Å². The smallest absolute Gasteiger partial charge is 0.338 e. The normalized spacial score (nSPS) is 12.0. The molecule has 0 bridgehead atoms. The minimum absolute atomic E-state index is 0.0556. The molecule has 0 spiro atoms. The average Bonchev–Trinajstić information content (AvgIpc) is 3.07. The first-order valence-electron chi connectivity index (χ1n) is 7.09. The van der Waals surface area contributed by atoms with Crippen molar-refractivity contribution in [3.05, 3.63) is 45.9 Å². The zero-order chi connectivity index (χ0) is 17.1. The predicted molar refractivity (Wildman–Crippen MR) is 88.9 cm³/mol. The number of hydrogen-bond donors (Lipinski definition) is 0. The van der Waals surface area contributed by atoms with E-state index in [9.17, 15) is 4.79 Å². The SMILES string of the molecule is COc1cc(COC(=O)c2ccc3c(c2)OCO3)c(OC)cc1Br. The Balaban J connectivity index is 1.74. The maximum absolute atomic E-state index is 12.2. The molecule has 0 N–H and O–H groups in total. The second-order valence-electron chi connectivity index (χ2n) is 4.94. The number of esters is 1. The molecule has 0 saturated heterocycles. The monoisotopic (exact) mass is 394 g/mol. The third-order valence-corrected chi connectivity index (χ3v) is 4.14. The van der Waals surface area contributed by atoms with Crippen LogP contribution in [0.3, 0.4) is 0 Å². The molecule has 1 aliphatic heterocycles. The maximum Gasteiger partial charge on any atom is 0.338 e. The van der Waals surface area contributed by atoms with Gasteiger partial charge in [0, 0.05) is 5.56 Å². The number of carbonyl (C=O) groups is 1. The number of hydrogen-bond acceptors (Lipinski definition) is 6. The summed E-state index contributed by atoms with van der Waals surface area (Å²) in [6.45, 7) is 0.212. The van der Waals surface area contributed by atoms with Gasteiger partial charge in [-0.2, -0.15) is 0 Å². The van der Waals surface area contributed by atoms with E-state index < -0.39 is 5.97 Å². The van der Waals surface area contributed by atoms with Crippen molar-refractivity contribution in [2.24, 2.45) is 0 Å².